The molecule has 2 nitrogen and oxygen atoms in total. The van der Waals surface area contributed by atoms with E-state index in [2.05, 4.69) is 0 Å². The first-order chi connectivity index (χ1) is 7.33. The van der Waals surface area contributed by atoms with Crippen LogP contribution in [0.5, 0.6) is 0 Å². The fraction of sp³-hybridized carbons (Fsp3) is 1.00. The molecular formula is C13H22O2. The average molecular weight is 210 g/mol. The molecule has 0 aromatic carbocycles. The van der Waals surface area contributed by atoms with Gasteiger partial charge in [-0.05, 0) is 62.2 Å². The van der Waals surface area contributed by atoms with E-state index in [1.165, 1.54) is 19.3 Å². The average Bonchev–Trinajstić information content (AvgIpc) is 2.87. The molecule has 3 fully saturated rings. The number of ether oxygens (including phenoxy) is 1. The maximum absolute atomic E-state index is 10.2. The molecule has 15 heavy (non-hydrogen) atoms. The highest BCUT2D eigenvalue weighted by Crippen LogP contribution is 2.55. The summed E-state index contributed by atoms with van der Waals surface area (Å²) in [6, 6.07) is 0. The van der Waals surface area contributed by atoms with Crippen molar-refractivity contribution in [3.63, 3.8) is 0 Å². The summed E-state index contributed by atoms with van der Waals surface area (Å²) >= 11 is 0. The maximum atomic E-state index is 10.2. The predicted molar refractivity (Wildman–Crippen MR) is 58.5 cm³/mol. The van der Waals surface area contributed by atoms with Crippen LogP contribution < -0.4 is 0 Å². The topological polar surface area (TPSA) is 29.5 Å². The Hall–Kier alpha value is -0.0800. The molecule has 0 aromatic rings. The van der Waals surface area contributed by atoms with E-state index in [-0.39, 0.29) is 6.10 Å². The lowest BCUT2D eigenvalue weighted by Gasteiger charge is -2.27. The van der Waals surface area contributed by atoms with Gasteiger partial charge in [0.15, 0.2) is 0 Å². The Bertz CT molecular complexity index is 213. The van der Waals surface area contributed by atoms with Gasteiger partial charge in [-0.1, -0.05) is 0 Å². The maximum Gasteiger partial charge on any atom is 0.0571 e. The number of hydrogen-bond donors (Lipinski definition) is 1. The highest BCUT2D eigenvalue weighted by Gasteiger charge is 2.47. The Balaban J connectivity index is 1.45. The molecule has 1 N–H and O–H groups in total. The van der Waals surface area contributed by atoms with Crippen LogP contribution in [0.15, 0.2) is 0 Å². The first-order valence-corrected chi connectivity index (χ1v) is 6.58. The van der Waals surface area contributed by atoms with Gasteiger partial charge in [-0.3, -0.25) is 0 Å². The summed E-state index contributed by atoms with van der Waals surface area (Å²) in [7, 11) is 0. The Kier molecular flexibility index (Phi) is 2.73. The molecule has 86 valence electrons. The highest BCUT2D eigenvalue weighted by molar-refractivity contribution is 4.97. The normalized spacial score (nSPS) is 42.6. The number of aliphatic hydroxyl groups is 1. The monoisotopic (exact) mass is 210 g/mol. The lowest BCUT2D eigenvalue weighted by atomic mass is 9.86. The van der Waals surface area contributed by atoms with Crippen molar-refractivity contribution in [3.8, 4) is 0 Å². The molecule has 1 heterocycles. The van der Waals surface area contributed by atoms with Crippen molar-refractivity contribution in [1.29, 1.82) is 0 Å². The zero-order valence-electron chi connectivity index (χ0n) is 9.40. The van der Waals surface area contributed by atoms with Crippen LogP contribution in [0.2, 0.25) is 0 Å². The second kappa shape index (κ2) is 4.06. The molecule has 0 amide bonds. The van der Waals surface area contributed by atoms with E-state index in [1.807, 2.05) is 0 Å². The SMILES string of the molecule is OC(CC1CCOCC1)C1CC2CC2C1. The lowest BCUT2D eigenvalue weighted by Crippen LogP contribution is -2.26. The second-order valence-electron chi connectivity index (χ2n) is 5.85. The zero-order chi connectivity index (χ0) is 10.3. The molecule has 3 unspecified atom stereocenters. The summed E-state index contributed by atoms with van der Waals surface area (Å²) in [6.45, 7) is 1.82. The molecule has 2 saturated carbocycles. The summed E-state index contributed by atoms with van der Waals surface area (Å²) < 4.78 is 5.35. The van der Waals surface area contributed by atoms with Crippen molar-refractivity contribution in [3.05, 3.63) is 0 Å². The highest BCUT2D eigenvalue weighted by atomic mass is 16.5. The van der Waals surface area contributed by atoms with Gasteiger partial charge in [0.1, 0.15) is 0 Å². The van der Waals surface area contributed by atoms with Crippen LogP contribution in [0, 0.1) is 23.7 Å². The Morgan fingerprint density at radius 2 is 1.73 bits per heavy atom. The van der Waals surface area contributed by atoms with Gasteiger partial charge in [0.2, 0.25) is 0 Å². The van der Waals surface area contributed by atoms with E-state index in [0.29, 0.717) is 5.92 Å². The van der Waals surface area contributed by atoms with Crippen molar-refractivity contribution >= 4 is 0 Å². The molecule has 3 rings (SSSR count). The van der Waals surface area contributed by atoms with E-state index < -0.39 is 0 Å². The summed E-state index contributed by atoms with van der Waals surface area (Å²) in [6.07, 6.45) is 7.44. The van der Waals surface area contributed by atoms with Gasteiger partial charge in [0.25, 0.3) is 0 Å². The number of aliphatic hydroxyl groups excluding tert-OH is 1. The van der Waals surface area contributed by atoms with E-state index in [9.17, 15) is 5.11 Å². The predicted octanol–water partition coefficient (Wildman–Crippen LogP) is 2.21. The molecule has 0 aromatic heterocycles. The van der Waals surface area contributed by atoms with Gasteiger partial charge < -0.3 is 9.84 Å². The van der Waals surface area contributed by atoms with E-state index >= 15 is 0 Å². The van der Waals surface area contributed by atoms with E-state index in [4.69, 9.17) is 4.74 Å². The first-order valence-electron chi connectivity index (χ1n) is 6.58. The molecular weight excluding hydrogens is 188 g/mol. The van der Waals surface area contributed by atoms with Gasteiger partial charge in [-0.2, -0.15) is 0 Å². The standard InChI is InChI=1S/C13H22O2/c14-13(5-9-1-3-15-4-2-9)12-7-10-6-11(10)8-12/h9-14H,1-8H2. The number of fused-ring (bicyclic) bond motifs is 1. The second-order valence-corrected chi connectivity index (χ2v) is 5.85. The minimum Gasteiger partial charge on any atom is -0.393 e. The van der Waals surface area contributed by atoms with E-state index in [1.54, 1.807) is 0 Å². The lowest BCUT2D eigenvalue weighted by molar-refractivity contribution is 0.0265. The van der Waals surface area contributed by atoms with Crippen molar-refractivity contribution < 1.29 is 9.84 Å². The molecule has 2 aliphatic carbocycles. The quantitative estimate of drug-likeness (QED) is 0.774. The summed E-state index contributed by atoms with van der Waals surface area (Å²) in [5.74, 6) is 3.36. The molecule has 3 atom stereocenters. The van der Waals surface area contributed by atoms with Gasteiger partial charge in [0.05, 0.1) is 6.10 Å². The zero-order valence-corrected chi connectivity index (χ0v) is 9.40. The van der Waals surface area contributed by atoms with Gasteiger partial charge >= 0.3 is 0 Å². The molecule has 3 aliphatic rings. The van der Waals surface area contributed by atoms with Gasteiger partial charge in [0, 0.05) is 13.2 Å². The molecule has 1 aliphatic heterocycles. The van der Waals surface area contributed by atoms with Gasteiger partial charge in [-0.25, -0.2) is 0 Å². The smallest absolute Gasteiger partial charge is 0.0571 e. The third-order valence-corrected chi connectivity index (χ3v) is 4.74. The van der Waals surface area contributed by atoms with E-state index in [0.717, 1.165) is 50.2 Å². The van der Waals surface area contributed by atoms with Crippen LogP contribution in [-0.2, 0) is 4.74 Å². The largest absolute Gasteiger partial charge is 0.393 e. The molecule has 0 spiro atoms. The number of rotatable bonds is 3. The van der Waals surface area contributed by atoms with Crippen LogP contribution in [0.4, 0.5) is 0 Å². The molecule has 1 saturated heterocycles. The first kappa shape index (κ1) is 10.1. The van der Waals surface area contributed by atoms with Crippen molar-refractivity contribution in [1.82, 2.24) is 0 Å². The van der Waals surface area contributed by atoms with Crippen molar-refractivity contribution in [2.75, 3.05) is 13.2 Å². The van der Waals surface area contributed by atoms with Crippen LogP contribution in [0.1, 0.15) is 38.5 Å². The summed E-state index contributed by atoms with van der Waals surface area (Å²) in [5.41, 5.74) is 0. The van der Waals surface area contributed by atoms with Crippen LogP contribution in [-0.4, -0.2) is 24.4 Å². The fourth-order valence-corrected chi connectivity index (χ4v) is 3.59. The van der Waals surface area contributed by atoms with Crippen molar-refractivity contribution in [2.45, 2.75) is 44.6 Å². The molecule has 0 radical (unpaired) electrons. The Morgan fingerprint density at radius 3 is 2.40 bits per heavy atom. The minimum atomic E-state index is -0.0131. The summed E-state index contributed by atoms with van der Waals surface area (Å²) in [5, 5.41) is 10.2. The third kappa shape index (κ3) is 2.21. The number of hydrogen-bond acceptors (Lipinski definition) is 2. The van der Waals surface area contributed by atoms with Crippen LogP contribution in [0.25, 0.3) is 0 Å². The Morgan fingerprint density at radius 1 is 1.07 bits per heavy atom. The van der Waals surface area contributed by atoms with Crippen LogP contribution >= 0.6 is 0 Å². The molecule has 0 bridgehead atoms. The van der Waals surface area contributed by atoms with Crippen LogP contribution in [0.3, 0.4) is 0 Å². The van der Waals surface area contributed by atoms with Gasteiger partial charge in [-0.15, -0.1) is 0 Å². The molecule has 2 heteroatoms. The third-order valence-electron chi connectivity index (χ3n) is 4.74. The summed E-state index contributed by atoms with van der Waals surface area (Å²) in [4.78, 5) is 0. The van der Waals surface area contributed by atoms with Crippen molar-refractivity contribution in [2.24, 2.45) is 23.7 Å². The minimum absolute atomic E-state index is 0.0131. The fourth-order valence-electron chi connectivity index (χ4n) is 3.59. The Labute approximate surface area is 92.0 Å².